The van der Waals surface area contributed by atoms with E-state index in [-0.39, 0.29) is 0 Å². The van der Waals surface area contributed by atoms with Crippen molar-refractivity contribution in [3.05, 3.63) is 24.3 Å². The van der Waals surface area contributed by atoms with Gasteiger partial charge in [0.1, 0.15) is 0 Å². The number of anilines is 1. The number of hydrogen-bond acceptors (Lipinski definition) is 3. The number of hydrogen-bond donors (Lipinski definition) is 1. The number of benzene rings is 1. The van der Waals surface area contributed by atoms with Crippen molar-refractivity contribution in [1.29, 1.82) is 0 Å². The zero-order valence-corrected chi connectivity index (χ0v) is 8.22. The van der Waals surface area contributed by atoms with Gasteiger partial charge in [-0.25, -0.2) is 0 Å². The van der Waals surface area contributed by atoms with E-state index in [0.717, 1.165) is 25.3 Å². The second-order valence-electron chi connectivity index (χ2n) is 3.18. The maximum atomic E-state index is 5.69. The van der Waals surface area contributed by atoms with Crippen LogP contribution in [-0.2, 0) is 4.74 Å². The lowest BCUT2D eigenvalue weighted by Gasteiger charge is -2.07. The zero-order chi connectivity index (χ0) is 9.10. The minimum absolute atomic E-state index is 0.613. The molecule has 70 valence electrons. The summed E-state index contributed by atoms with van der Waals surface area (Å²) in [6, 6.07) is 8.02. The van der Waals surface area contributed by atoms with Gasteiger partial charge in [0.2, 0.25) is 0 Å². The van der Waals surface area contributed by atoms with Gasteiger partial charge in [0.25, 0.3) is 0 Å². The van der Waals surface area contributed by atoms with Gasteiger partial charge < -0.3 is 10.5 Å². The average molecular weight is 195 g/mol. The van der Waals surface area contributed by atoms with Crippen LogP contribution in [0.25, 0.3) is 0 Å². The molecule has 2 nitrogen and oxygen atoms in total. The Morgan fingerprint density at radius 3 is 3.08 bits per heavy atom. The number of nitrogens with two attached hydrogens (primary N) is 1. The molecule has 1 fully saturated rings. The highest BCUT2D eigenvalue weighted by Gasteiger charge is 2.16. The molecule has 0 aromatic heterocycles. The van der Waals surface area contributed by atoms with Crippen LogP contribution in [-0.4, -0.2) is 18.5 Å². The third-order valence-electron chi connectivity index (χ3n) is 2.05. The summed E-state index contributed by atoms with van der Waals surface area (Å²) in [4.78, 5) is 1.25. The number of ether oxygens (including phenoxy) is 1. The summed E-state index contributed by atoms with van der Waals surface area (Å²) >= 11 is 1.86. The Hall–Kier alpha value is -0.670. The number of nitrogen functional groups attached to an aromatic ring is 1. The lowest BCUT2D eigenvalue weighted by atomic mass is 10.3. The minimum atomic E-state index is 0.613. The molecule has 0 saturated carbocycles. The molecular formula is C10H13NOS. The summed E-state index contributed by atoms with van der Waals surface area (Å²) in [7, 11) is 0. The molecule has 1 heterocycles. The summed E-state index contributed by atoms with van der Waals surface area (Å²) in [5.74, 6) is 0. The first-order valence-corrected chi connectivity index (χ1v) is 5.32. The van der Waals surface area contributed by atoms with Crippen molar-refractivity contribution in [2.24, 2.45) is 0 Å². The van der Waals surface area contributed by atoms with E-state index >= 15 is 0 Å². The van der Waals surface area contributed by atoms with Crippen LogP contribution in [0.2, 0.25) is 0 Å². The summed E-state index contributed by atoms with van der Waals surface area (Å²) < 4.78 is 5.31. The first-order chi connectivity index (χ1) is 6.34. The van der Waals surface area contributed by atoms with E-state index in [1.807, 2.05) is 30.0 Å². The molecule has 1 atom stereocenters. The molecule has 1 aliphatic heterocycles. The van der Waals surface area contributed by atoms with Gasteiger partial charge in [0, 0.05) is 22.4 Å². The van der Waals surface area contributed by atoms with E-state index in [0.29, 0.717) is 5.25 Å². The lowest BCUT2D eigenvalue weighted by Crippen LogP contribution is -1.99. The summed E-state index contributed by atoms with van der Waals surface area (Å²) in [5.41, 5.74) is 6.53. The molecule has 1 aliphatic rings. The van der Waals surface area contributed by atoms with Crippen LogP contribution in [0.1, 0.15) is 6.42 Å². The molecular weight excluding hydrogens is 182 g/mol. The van der Waals surface area contributed by atoms with Gasteiger partial charge >= 0.3 is 0 Å². The maximum absolute atomic E-state index is 5.69. The fraction of sp³-hybridized carbons (Fsp3) is 0.400. The largest absolute Gasteiger partial charge is 0.399 e. The van der Waals surface area contributed by atoms with Crippen LogP contribution < -0.4 is 5.73 Å². The standard InChI is InChI=1S/C10H13NOS/c11-8-2-1-3-9(6-8)13-10-4-5-12-7-10/h1-3,6,10H,4-5,7,11H2. The van der Waals surface area contributed by atoms with Crippen LogP contribution in [0.5, 0.6) is 0 Å². The van der Waals surface area contributed by atoms with Crippen molar-refractivity contribution >= 4 is 17.4 Å². The maximum Gasteiger partial charge on any atom is 0.0589 e. The first-order valence-electron chi connectivity index (χ1n) is 4.44. The van der Waals surface area contributed by atoms with Crippen molar-refractivity contribution in [3.8, 4) is 0 Å². The quantitative estimate of drug-likeness (QED) is 0.734. The molecule has 1 saturated heterocycles. The van der Waals surface area contributed by atoms with Gasteiger partial charge in [0.15, 0.2) is 0 Å². The Morgan fingerprint density at radius 1 is 1.46 bits per heavy atom. The molecule has 2 rings (SSSR count). The fourth-order valence-electron chi connectivity index (χ4n) is 1.39. The molecule has 1 aromatic rings. The second kappa shape index (κ2) is 4.03. The van der Waals surface area contributed by atoms with E-state index < -0.39 is 0 Å². The third-order valence-corrected chi connectivity index (χ3v) is 3.28. The summed E-state index contributed by atoms with van der Waals surface area (Å²) in [6.45, 7) is 1.78. The normalized spacial score (nSPS) is 22.0. The molecule has 0 aliphatic carbocycles. The van der Waals surface area contributed by atoms with Crippen molar-refractivity contribution in [3.63, 3.8) is 0 Å². The van der Waals surface area contributed by atoms with Crippen molar-refractivity contribution in [2.45, 2.75) is 16.6 Å². The van der Waals surface area contributed by atoms with Crippen LogP contribution in [0.4, 0.5) is 5.69 Å². The van der Waals surface area contributed by atoms with Crippen LogP contribution in [0.15, 0.2) is 29.2 Å². The lowest BCUT2D eigenvalue weighted by molar-refractivity contribution is 0.199. The van der Waals surface area contributed by atoms with Crippen LogP contribution >= 0.6 is 11.8 Å². The van der Waals surface area contributed by atoms with Crippen molar-refractivity contribution in [1.82, 2.24) is 0 Å². The van der Waals surface area contributed by atoms with Gasteiger partial charge in [-0.05, 0) is 24.6 Å². The van der Waals surface area contributed by atoms with E-state index in [1.165, 1.54) is 4.90 Å². The Balaban J connectivity index is 2.00. The molecule has 13 heavy (non-hydrogen) atoms. The number of thioether (sulfide) groups is 1. The van der Waals surface area contributed by atoms with Crippen molar-refractivity contribution < 1.29 is 4.74 Å². The summed E-state index contributed by atoms with van der Waals surface area (Å²) in [6.07, 6.45) is 1.15. The van der Waals surface area contributed by atoms with Gasteiger partial charge in [-0.3, -0.25) is 0 Å². The van der Waals surface area contributed by atoms with Crippen LogP contribution in [0, 0.1) is 0 Å². The monoisotopic (exact) mass is 195 g/mol. The predicted octanol–water partition coefficient (Wildman–Crippen LogP) is 2.15. The van der Waals surface area contributed by atoms with Crippen molar-refractivity contribution in [2.75, 3.05) is 18.9 Å². The Labute approximate surface area is 82.5 Å². The Bertz CT molecular complexity index is 284. The van der Waals surface area contributed by atoms with E-state index in [1.54, 1.807) is 0 Å². The molecule has 0 bridgehead atoms. The molecule has 3 heteroatoms. The molecule has 0 amide bonds. The van der Waals surface area contributed by atoms with Gasteiger partial charge in [-0.1, -0.05) is 6.07 Å². The fourth-order valence-corrected chi connectivity index (χ4v) is 2.51. The molecule has 1 unspecified atom stereocenters. The average Bonchev–Trinajstić information content (AvgIpc) is 2.57. The zero-order valence-electron chi connectivity index (χ0n) is 7.40. The Morgan fingerprint density at radius 2 is 2.38 bits per heavy atom. The third kappa shape index (κ3) is 2.39. The smallest absolute Gasteiger partial charge is 0.0589 e. The van der Waals surface area contributed by atoms with Gasteiger partial charge in [0.05, 0.1) is 6.61 Å². The summed E-state index contributed by atoms with van der Waals surface area (Å²) in [5, 5.41) is 0.613. The number of rotatable bonds is 2. The minimum Gasteiger partial charge on any atom is -0.399 e. The highest BCUT2D eigenvalue weighted by atomic mass is 32.2. The van der Waals surface area contributed by atoms with E-state index in [4.69, 9.17) is 10.5 Å². The molecule has 0 radical (unpaired) electrons. The topological polar surface area (TPSA) is 35.2 Å². The van der Waals surface area contributed by atoms with Crippen LogP contribution in [0.3, 0.4) is 0 Å². The van der Waals surface area contributed by atoms with E-state index in [9.17, 15) is 0 Å². The predicted molar refractivity (Wildman–Crippen MR) is 55.9 cm³/mol. The second-order valence-corrected chi connectivity index (χ2v) is 4.55. The SMILES string of the molecule is Nc1cccc(SC2CCOC2)c1. The molecule has 1 aromatic carbocycles. The molecule has 0 spiro atoms. The molecule has 2 N–H and O–H groups in total. The highest BCUT2D eigenvalue weighted by Crippen LogP contribution is 2.29. The Kier molecular flexibility index (Phi) is 2.76. The van der Waals surface area contributed by atoms with Gasteiger partial charge in [-0.2, -0.15) is 0 Å². The van der Waals surface area contributed by atoms with E-state index in [2.05, 4.69) is 6.07 Å². The van der Waals surface area contributed by atoms with Gasteiger partial charge in [-0.15, -0.1) is 11.8 Å². The highest BCUT2D eigenvalue weighted by molar-refractivity contribution is 8.00. The first kappa shape index (κ1) is 8.91.